The number of aliphatic hydroxyl groups is 2. The van der Waals surface area contributed by atoms with Crippen LogP contribution in [0, 0.1) is 0 Å². The third-order valence-corrected chi connectivity index (χ3v) is 2.30. The summed E-state index contributed by atoms with van der Waals surface area (Å²) < 4.78 is 0. The molecule has 0 aliphatic heterocycles. The fourth-order valence-corrected chi connectivity index (χ4v) is 1.45. The quantitative estimate of drug-likeness (QED) is 0.560. The normalized spacial score (nSPS) is 28.9. The smallest absolute Gasteiger partial charge is 0.251 e. The summed E-state index contributed by atoms with van der Waals surface area (Å²) in [5, 5.41) is 21.2. The van der Waals surface area contributed by atoms with Crippen molar-refractivity contribution in [2.24, 2.45) is 0 Å². The van der Waals surface area contributed by atoms with Gasteiger partial charge in [-0.2, -0.15) is 0 Å². The standard InChI is InChI=1S/C9H17NO3/c1-9(2,13)8(12)10-6-3-4-7(11)5-6/h6-7,11,13H,3-5H2,1-2H3,(H,10,12)/t6-,7+/m0/s1. The van der Waals surface area contributed by atoms with E-state index < -0.39 is 5.60 Å². The van der Waals surface area contributed by atoms with Crippen LogP contribution < -0.4 is 5.32 Å². The third kappa shape index (κ3) is 2.97. The highest BCUT2D eigenvalue weighted by molar-refractivity contribution is 5.84. The molecule has 0 bridgehead atoms. The highest BCUT2D eigenvalue weighted by atomic mass is 16.3. The lowest BCUT2D eigenvalue weighted by molar-refractivity contribution is -0.137. The fourth-order valence-electron chi connectivity index (χ4n) is 1.45. The first-order chi connectivity index (χ1) is 5.89. The molecule has 3 N–H and O–H groups in total. The van der Waals surface area contributed by atoms with Crippen LogP contribution in [-0.2, 0) is 4.79 Å². The van der Waals surface area contributed by atoms with Crippen molar-refractivity contribution in [2.75, 3.05) is 0 Å². The summed E-state index contributed by atoms with van der Waals surface area (Å²) >= 11 is 0. The highest BCUT2D eigenvalue weighted by Gasteiger charge is 2.29. The van der Waals surface area contributed by atoms with Crippen molar-refractivity contribution in [1.29, 1.82) is 0 Å². The Balaban J connectivity index is 2.37. The Morgan fingerprint density at radius 2 is 2.08 bits per heavy atom. The molecule has 4 heteroatoms. The van der Waals surface area contributed by atoms with Gasteiger partial charge in [0.15, 0.2) is 0 Å². The van der Waals surface area contributed by atoms with Gasteiger partial charge in [0.1, 0.15) is 5.60 Å². The first-order valence-electron chi connectivity index (χ1n) is 4.61. The van der Waals surface area contributed by atoms with Crippen LogP contribution in [0.1, 0.15) is 33.1 Å². The second-order valence-electron chi connectivity index (χ2n) is 4.20. The van der Waals surface area contributed by atoms with Gasteiger partial charge in [-0.1, -0.05) is 0 Å². The Morgan fingerprint density at radius 1 is 1.46 bits per heavy atom. The summed E-state index contributed by atoms with van der Waals surface area (Å²) in [7, 11) is 0. The lowest BCUT2D eigenvalue weighted by atomic mass is 10.1. The van der Waals surface area contributed by atoms with Crippen molar-refractivity contribution in [3.8, 4) is 0 Å². The fraction of sp³-hybridized carbons (Fsp3) is 0.889. The lowest BCUT2D eigenvalue weighted by Gasteiger charge is -2.20. The molecule has 13 heavy (non-hydrogen) atoms. The predicted molar refractivity (Wildman–Crippen MR) is 48.1 cm³/mol. The Hall–Kier alpha value is -0.610. The zero-order chi connectivity index (χ0) is 10.1. The summed E-state index contributed by atoms with van der Waals surface area (Å²) in [6.07, 6.45) is 1.83. The van der Waals surface area contributed by atoms with Gasteiger partial charge in [-0.3, -0.25) is 4.79 Å². The van der Waals surface area contributed by atoms with Crippen LogP contribution in [0.25, 0.3) is 0 Å². The minimum Gasteiger partial charge on any atom is -0.393 e. The maximum Gasteiger partial charge on any atom is 0.251 e. The Kier molecular flexibility index (Phi) is 2.93. The van der Waals surface area contributed by atoms with E-state index in [4.69, 9.17) is 0 Å². The van der Waals surface area contributed by atoms with Crippen molar-refractivity contribution in [2.45, 2.75) is 50.9 Å². The summed E-state index contributed by atoms with van der Waals surface area (Å²) in [5.74, 6) is -0.369. The molecule has 0 spiro atoms. The third-order valence-electron chi connectivity index (χ3n) is 2.30. The summed E-state index contributed by atoms with van der Waals surface area (Å²) in [6, 6.07) is 0.0222. The van der Waals surface area contributed by atoms with Crippen molar-refractivity contribution in [3.63, 3.8) is 0 Å². The Morgan fingerprint density at radius 3 is 2.46 bits per heavy atom. The van der Waals surface area contributed by atoms with Crippen LogP contribution in [-0.4, -0.2) is 33.9 Å². The van der Waals surface area contributed by atoms with Crippen molar-refractivity contribution in [1.82, 2.24) is 5.32 Å². The van der Waals surface area contributed by atoms with E-state index in [2.05, 4.69) is 5.32 Å². The topological polar surface area (TPSA) is 69.6 Å². The number of carbonyl (C=O) groups is 1. The van der Waals surface area contributed by atoms with Crippen molar-refractivity contribution < 1.29 is 15.0 Å². The highest BCUT2D eigenvalue weighted by Crippen LogP contribution is 2.19. The molecule has 2 atom stereocenters. The van der Waals surface area contributed by atoms with E-state index in [9.17, 15) is 15.0 Å². The molecular formula is C9H17NO3. The van der Waals surface area contributed by atoms with Gasteiger partial charge < -0.3 is 15.5 Å². The van der Waals surface area contributed by atoms with Crippen LogP contribution in [0.3, 0.4) is 0 Å². The average molecular weight is 187 g/mol. The molecule has 0 saturated heterocycles. The van der Waals surface area contributed by atoms with Gasteiger partial charge in [0.05, 0.1) is 6.10 Å². The van der Waals surface area contributed by atoms with Gasteiger partial charge in [-0.25, -0.2) is 0 Å². The molecule has 0 radical (unpaired) electrons. The number of nitrogens with one attached hydrogen (secondary N) is 1. The minimum atomic E-state index is -1.33. The summed E-state index contributed by atoms with van der Waals surface area (Å²) in [5.41, 5.74) is -1.33. The Bertz CT molecular complexity index is 198. The maximum atomic E-state index is 11.3. The molecule has 1 rings (SSSR count). The van der Waals surface area contributed by atoms with Crippen LogP contribution >= 0.6 is 0 Å². The van der Waals surface area contributed by atoms with Crippen LogP contribution in [0.4, 0.5) is 0 Å². The molecule has 1 aliphatic carbocycles. The second kappa shape index (κ2) is 3.64. The largest absolute Gasteiger partial charge is 0.393 e. The zero-order valence-electron chi connectivity index (χ0n) is 8.08. The SMILES string of the molecule is CC(C)(O)C(=O)N[C@H]1CC[C@@H](O)C1. The molecular weight excluding hydrogens is 170 g/mol. The number of carbonyl (C=O) groups excluding carboxylic acids is 1. The number of hydrogen-bond donors (Lipinski definition) is 3. The first-order valence-corrected chi connectivity index (χ1v) is 4.61. The number of rotatable bonds is 2. The van der Waals surface area contributed by atoms with Gasteiger partial charge in [-0.05, 0) is 33.1 Å². The summed E-state index contributed by atoms with van der Waals surface area (Å²) in [4.78, 5) is 11.3. The van der Waals surface area contributed by atoms with Gasteiger partial charge in [0.25, 0.3) is 5.91 Å². The Labute approximate surface area is 78.0 Å². The monoisotopic (exact) mass is 187 g/mol. The number of aliphatic hydroxyl groups excluding tert-OH is 1. The predicted octanol–water partition coefficient (Wildman–Crippen LogP) is -0.213. The first kappa shape index (κ1) is 10.5. The molecule has 0 aromatic rings. The molecule has 1 amide bonds. The molecule has 0 aromatic heterocycles. The van der Waals surface area contributed by atoms with E-state index in [0.717, 1.165) is 12.8 Å². The van der Waals surface area contributed by atoms with E-state index in [1.54, 1.807) is 0 Å². The lowest BCUT2D eigenvalue weighted by Crippen LogP contribution is -2.46. The van der Waals surface area contributed by atoms with Crippen LogP contribution in [0.15, 0.2) is 0 Å². The van der Waals surface area contributed by atoms with Gasteiger partial charge in [-0.15, -0.1) is 0 Å². The molecule has 0 heterocycles. The van der Waals surface area contributed by atoms with Crippen molar-refractivity contribution in [3.05, 3.63) is 0 Å². The maximum absolute atomic E-state index is 11.3. The number of amides is 1. The summed E-state index contributed by atoms with van der Waals surface area (Å²) in [6.45, 7) is 2.90. The van der Waals surface area contributed by atoms with Crippen LogP contribution in [0.5, 0.6) is 0 Å². The zero-order valence-corrected chi connectivity index (χ0v) is 8.08. The van der Waals surface area contributed by atoms with E-state index in [-0.39, 0.29) is 18.1 Å². The van der Waals surface area contributed by atoms with E-state index in [0.29, 0.717) is 6.42 Å². The second-order valence-corrected chi connectivity index (χ2v) is 4.20. The molecule has 0 unspecified atom stereocenters. The average Bonchev–Trinajstić information content (AvgIpc) is 2.33. The molecule has 1 saturated carbocycles. The molecule has 0 aromatic carbocycles. The molecule has 76 valence electrons. The molecule has 1 aliphatic rings. The van der Waals surface area contributed by atoms with Gasteiger partial charge in [0.2, 0.25) is 0 Å². The van der Waals surface area contributed by atoms with Crippen LogP contribution in [0.2, 0.25) is 0 Å². The molecule has 4 nitrogen and oxygen atoms in total. The minimum absolute atomic E-state index is 0.0222. The van der Waals surface area contributed by atoms with Gasteiger partial charge >= 0.3 is 0 Å². The molecule has 1 fully saturated rings. The van der Waals surface area contributed by atoms with Gasteiger partial charge in [0, 0.05) is 6.04 Å². The number of hydrogen-bond acceptors (Lipinski definition) is 3. The van der Waals surface area contributed by atoms with Crippen molar-refractivity contribution >= 4 is 5.91 Å². The van der Waals surface area contributed by atoms with E-state index >= 15 is 0 Å². The van der Waals surface area contributed by atoms with E-state index in [1.807, 2.05) is 0 Å². The van der Waals surface area contributed by atoms with E-state index in [1.165, 1.54) is 13.8 Å².